The van der Waals surface area contributed by atoms with Crippen molar-refractivity contribution in [1.29, 1.82) is 5.41 Å². The topological polar surface area (TPSA) is 102 Å². The predicted octanol–water partition coefficient (Wildman–Crippen LogP) is 1.16. The minimum Gasteiger partial charge on any atom is -0.477 e. The molecule has 1 saturated heterocycles. The van der Waals surface area contributed by atoms with Gasteiger partial charge in [-0.2, -0.15) is 0 Å². The molecule has 0 radical (unpaired) electrons. The summed E-state index contributed by atoms with van der Waals surface area (Å²) in [6.45, 7) is 3.70. The van der Waals surface area contributed by atoms with E-state index in [1.54, 1.807) is 0 Å². The summed E-state index contributed by atoms with van der Waals surface area (Å²) in [7, 11) is 0. The number of aliphatic carboxylic acids is 1. The summed E-state index contributed by atoms with van der Waals surface area (Å²) in [6.07, 6.45) is 4.51. The number of carboxylic acids is 1. The number of carbonyl (C=O) groups excluding carboxylic acids is 1. The van der Waals surface area contributed by atoms with Gasteiger partial charge in [0, 0.05) is 19.0 Å². The molecule has 0 bridgehead atoms. The van der Waals surface area contributed by atoms with E-state index in [0.29, 0.717) is 31.3 Å². The predicted molar refractivity (Wildman–Crippen MR) is 77.0 cm³/mol. The monoisotopic (exact) mass is 283 g/mol. The SMILES string of the molecule is CCC(CCCC(=N)C(=O)O)CNC1CCC(=O)NC1. The van der Waals surface area contributed by atoms with Crippen molar-refractivity contribution in [2.24, 2.45) is 5.92 Å². The molecule has 20 heavy (non-hydrogen) atoms. The average Bonchev–Trinajstić information content (AvgIpc) is 2.44. The molecule has 0 aromatic carbocycles. The largest absolute Gasteiger partial charge is 0.477 e. The van der Waals surface area contributed by atoms with E-state index in [-0.39, 0.29) is 11.6 Å². The van der Waals surface area contributed by atoms with E-state index in [0.717, 1.165) is 32.2 Å². The van der Waals surface area contributed by atoms with Crippen LogP contribution < -0.4 is 10.6 Å². The first-order valence-electron chi connectivity index (χ1n) is 7.33. The van der Waals surface area contributed by atoms with Crippen LogP contribution in [0.4, 0.5) is 0 Å². The van der Waals surface area contributed by atoms with Gasteiger partial charge in [-0.25, -0.2) is 4.79 Å². The Morgan fingerprint density at radius 2 is 2.35 bits per heavy atom. The van der Waals surface area contributed by atoms with Crippen LogP contribution >= 0.6 is 0 Å². The minimum absolute atomic E-state index is 0.127. The molecule has 0 aromatic heterocycles. The summed E-state index contributed by atoms with van der Waals surface area (Å²) in [5.41, 5.74) is -0.206. The van der Waals surface area contributed by atoms with Crippen molar-refractivity contribution in [1.82, 2.24) is 10.6 Å². The fourth-order valence-corrected chi connectivity index (χ4v) is 2.37. The van der Waals surface area contributed by atoms with Gasteiger partial charge in [-0.05, 0) is 38.1 Å². The number of nitrogens with one attached hydrogen (secondary N) is 3. The Labute approximate surface area is 119 Å². The molecule has 0 spiro atoms. The Morgan fingerprint density at radius 1 is 1.60 bits per heavy atom. The molecule has 4 N–H and O–H groups in total. The van der Waals surface area contributed by atoms with Crippen LogP contribution in [0.2, 0.25) is 0 Å². The maximum atomic E-state index is 11.1. The quantitative estimate of drug-likeness (QED) is 0.477. The van der Waals surface area contributed by atoms with E-state index < -0.39 is 5.97 Å². The third-order valence-electron chi connectivity index (χ3n) is 3.84. The van der Waals surface area contributed by atoms with Gasteiger partial charge in [0.05, 0.1) is 0 Å². The van der Waals surface area contributed by atoms with Gasteiger partial charge in [-0.1, -0.05) is 13.3 Å². The first-order chi connectivity index (χ1) is 9.52. The van der Waals surface area contributed by atoms with Crippen LogP contribution in [0.1, 0.15) is 45.4 Å². The third kappa shape index (κ3) is 6.14. The highest BCUT2D eigenvalue weighted by molar-refractivity contribution is 6.34. The molecule has 1 rings (SSSR count). The van der Waals surface area contributed by atoms with Crippen molar-refractivity contribution in [3.05, 3.63) is 0 Å². The maximum Gasteiger partial charge on any atom is 0.349 e. The molecule has 0 saturated carbocycles. The van der Waals surface area contributed by atoms with Crippen LogP contribution in [0.15, 0.2) is 0 Å². The Kier molecular flexibility index (Phi) is 7.22. The summed E-state index contributed by atoms with van der Waals surface area (Å²) >= 11 is 0. The smallest absolute Gasteiger partial charge is 0.349 e. The molecular formula is C14H25N3O3. The molecule has 1 amide bonds. The molecule has 0 aromatic rings. The van der Waals surface area contributed by atoms with Crippen LogP contribution in [-0.2, 0) is 9.59 Å². The zero-order chi connectivity index (χ0) is 15.0. The van der Waals surface area contributed by atoms with Crippen molar-refractivity contribution in [2.75, 3.05) is 13.1 Å². The number of rotatable bonds is 9. The van der Waals surface area contributed by atoms with E-state index in [2.05, 4.69) is 17.6 Å². The van der Waals surface area contributed by atoms with E-state index in [1.165, 1.54) is 0 Å². The number of hydrogen-bond acceptors (Lipinski definition) is 4. The minimum atomic E-state index is -1.12. The van der Waals surface area contributed by atoms with Crippen LogP contribution in [0.25, 0.3) is 0 Å². The van der Waals surface area contributed by atoms with E-state index in [9.17, 15) is 9.59 Å². The molecular weight excluding hydrogens is 258 g/mol. The Bertz CT molecular complexity index is 348. The van der Waals surface area contributed by atoms with Gasteiger partial charge >= 0.3 is 5.97 Å². The second-order valence-electron chi connectivity index (χ2n) is 5.40. The standard InChI is InChI=1S/C14H25N3O3/c1-2-10(4-3-5-12(15)14(19)20)8-16-11-6-7-13(18)17-9-11/h10-11,15-16H,2-9H2,1H3,(H,17,18)(H,19,20). The molecule has 0 aliphatic carbocycles. The second-order valence-corrected chi connectivity index (χ2v) is 5.40. The Hall–Kier alpha value is -1.43. The highest BCUT2D eigenvalue weighted by Crippen LogP contribution is 2.13. The molecule has 114 valence electrons. The first kappa shape index (κ1) is 16.6. The third-order valence-corrected chi connectivity index (χ3v) is 3.84. The number of carboxylic acid groups (broad SMARTS) is 1. The molecule has 1 heterocycles. The van der Waals surface area contributed by atoms with Crippen molar-refractivity contribution in [2.45, 2.75) is 51.5 Å². The first-order valence-corrected chi connectivity index (χ1v) is 7.33. The second kappa shape index (κ2) is 8.68. The summed E-state index contributed by atoms with van der Waals surface area (Å²) in [4.78, 5) is 21.6. The molecule has 2 unspecified atom stereocenters. The maximum absolute atomic E-state index is 11.1. The molecule has 1 aliphatic rings. The van der Waals surface area contributed by atoms with Crippen molar-refractivity contribution < 1.29 is 14.7 Å². The molecule has 1 fully saturated rings. The lowest BCUT2D eigenvalue weighted by molar-refractivity contribution is -0.129. The van der Waals surface area contributed by atoms with Gasteiger partial charge in [0.25, 0.3) is 0 Å². The molecule has 6 heteroatoms. The van der Waals surface area contributed by atoms with Crippen LogP contribution in [0, 0.1) is 11.3 Å². The normalized spacial score (nSPS) is 20.2. The molecule has 1 aliphatic heterocycles. The lowest BCUT2D eigenvalue weighted by Crippen LogP contribution is -2.46. The van der Waals surface area contributed by atoms with Crippen molar-refractivity contribution in [3.8, 4) is 0 Å². The van der Waals surface area contributed by atoms with Crippen LogP contribution in [0.3, 0.4) is 0 Å². The lowest BCUT2D eigenvalue weighted by Gasteiger charge is -2.26. The summed E-state index contributed by atoms with van der Waals surface area (Å²) in [6, 6.07) is 0.346. The van der Waals surface area contributed by atoms with Gasteiger partial charge < -0.3 is 15.7 Å². The zero-order valence-electron chi connectivity index (χ0n) is 12.1. The van der Waals surface area contributed by atoms with Crippen molar-refractivity contribution in [3.63, 3.8) is 0 Å². The highest BCUT2D eigenvalue weighted by atomic mass is 16.4. The highest BCUT2D eigenvalue weighted by Gasteiger charge is 2.18. The fraction of sp³-hybridized carbons (Fsp3) is 0.786. The van der Waals surface area contributed by atoms with Crippen molar-refractivity contribution >= 4 is 17.6 Å². The number of amides is 1. The number of hydrogen-bond donors (Lipinski definition) is 4. The number of piperidine rings is 1. The van der Waals surface area contributed by atoms with Crippen LogP contribution in [0.5, 0.6) is 0 Å². The zero-order valence-corrected chi connectivity index (χ0v) is 12.1. The van der Waals surface area contributed by atoms with Crippen LogP contribution in [-0.4, -0.2) is 41.8 Å². The molecule has 6 nitrogen and oxygen atoms in total. The van der Waals surface area contributed by atoms with E-state index >= 15 is 0 Å². The fourth-order valence-electron chi connectivity index (χ4n) is 2.37. The Morgan fingerprint density at radius 3 is 2.90 bits per heavy atom. The van der Waals surface area contributed by atoms with Gasteiger partial charge in [-0.15, -0.1) is 0 Å². The molecule has 2 atom stereocenters. The summed E-state index contributed by atoms with van der Waals surface area (Å²) in [5, 5.41) is 22.2. The van der Waals surface area contributed by atoms with E-state index in [4.69, 9.17) is 10.5 Å². The average molecular weight is 283 g/mol. The lowest BCUT2D eigenvalue weighted by atomic mass is 9.97. The van der Waals surface area contributed by atoms with Gasteiger partial charge in [-0.3, -0.25) is 10.2 Å². The summed E-state index contributed by atoms with van der Waals surface area (Å²) in [5.74, 6) is -0.495. The van der Waals surface area contributed by atoms with Gasteiger partial charge in [0.2, 0.25) is 5.91 Å². The number of carbonyl (C=O) groups is 2. The van der Waals surface area contributed by atoms with Gasteiger partial charge in [0.15, 0.2) is 0 Å². The Balaban J connectivity index is 2.17. The summed E-state index contributed by atoms with van der Waals surface area (Å²) < 4.78 is 0. The van der Waals surface area contributed by atoms with Gasteiger partial charge in [0.1, 0.15) is 5.71 Å². The van der Waals surface area contributed by atoms with E-state index in [1.807, 2.05) is 0 Å².